The number of rotatable bonds is 6. The van der Waals surface area contributed by atoms with E-state index in [9.17, 15) is 4.79 Å². The van der Waals surface area contributed by atoms with Gasteiger partial charge in [-0.3, -0.25) is 4.79 Å². The fraction of sp³-hybridized carbons (Fsp3) is 0.375. The van der Waals surface area contributed by atoms with Gasteiger partial charge in [0, 0.05) is 44.7 Å². The van der Waals surface area contributed by atoms with Crippen LogP contribution >= 0.6 is 0 Å². The van der Waals surface area contributed by atoms with Crippen molar-refractivity contribution in [1.29, 1.82) is 0 Å². The molecule has 2 aromatic carbocycles. The maximum Gasteiger partial charge on any atom is 0.229 e. The van der Waals surface area contributed by atoms with Gasteiger partial charge in [-0.1, -0.05) is 30.3 Å². The first-order chi connectivity index (χ1) is 15.5. The molecule has 1 N–H and O–H groups in total. The number of nitrogens with zero attached hydrogens (tertiary/aromatic N) is 4. The van der Waals surface area contributed by atoms with E-state index in [0.717, 1.165) is 22.3 Å². The van der Waals surface area contributed by atoms with E-state index >= 15 is 0 Å². The van der Waals surface area contributed by atoms with Crippen LogP contribution in [0, 0.1) is 0 Å². The highest BCUT2D eigenvalue weighted by molar-refractivity contribution is 5.92. The molecule has 0 spiro atoms. The average Bonchev–Trinajstić information content (AvgIpc) is 2.86. The number of anilines is 2. The molecule has 1 amide bonds. The van der Waals surface area contributed by atoms with Crippen molar-refractivity contribution in [2.75, 3.05) is 57.7 Å². The van der Waals surface area contributed by atoms with Gasteiger partial charge in [0.2, 0.25) is 11.9 Å². The maximum atomic E-state index is 13.0. The number of amides is 1. The molecule has 8 heteroatoms. The Hall–Kier alpha value is -3.55. The summed E-state index contributed by atoms with van der Waals surface area (Å²) in [5.74, 6) is 2.62. The van der Waals surface area contributed by atoms with E-state index in [4.69, 9.17) is 19.4 Å². The third-order valence-electron chi connectivity index (χ3n) is 5.97. The zero-order valence-electron chi connectivity index (χ0n) is 19.0. The molecule has 4 rings (SSSR count). The lowest BCUT2D eigenvalue weighted by molar-refractivity contribution is -0.132. The van der Waals surface area contributed by atoms with E-state index in [2.05, 4.69) is 10.2 Å². The average molecular weight is 436 g/mol. The molecular formula is C24H29N5O3. The van der Waals surface area contributed by atoms with Crippen LogP contribution in [-0.2, 0) is 4.79 Å². The summed E-state index contributed by atoms with van der Waals surface area (Å²) in [5, 5.41) is 4.02. The predicted molar refractivity (Wildman–Crippen MR) is 126 cm³/mol. The number of hydrogen-bond donors (Lipinski definition) is 1. The molecule has 1 aliphatic heterocycles. The number of ether oxygens (including phenoxy) is 2. The van der Waals surface area contributed by atoms with Gasteiger partial charge in [-0.2, -0.15) is 4.98 Å². The van der Waals surface area contributed by atoms with Crippen LogP contribution in [0.15, 0.2) is 42.5 Å². The molecule has 3 aromatic rings. The van der Waals surface area contributed by atoms with Gasteiger partial charge in [0.05, 0.1) is 25.7 Å². The second-order valence-electron chi connectivity index (χ2n) is 7.79. The molecule has 0 bridgehead atoms. The van der Waals surface area contributed by atoms with E-state index in [1.807, 2.05) is 61.3 Å². The van der Waals surface area contributed by atoms with Crippen LogP contribution in [0.1, 0.15) is 18.4 Å². The molecule has 0 saturated carbocycles. The smallest absolute Gasteiger partial charge is 0.229 e. The Kier molecular flexibility index (Phi) is 6.30. The Morgan fingerprint density at radius 1 is 1.00 bits per heavy atom. The van der Waals surface area contributed by atoms with Crippen LogP contribution in [-0.4, -0.2) is 68.2 Å². The highest BCUT2D eigenvalue weighted by Gasteiger charge is 2.27. The molecule has 32 heavy (non-hydrogen) atoms. The van der Waals surface area contributed by atoms with Crippen LogP contribution in [0.25, 0.3) is 10.9 Å². The highest BCUT2D eigenvalue weighted by atomic mass is 16.5. The topological polar surface area (TPSA) is 79.8 Å². The number of piperazine rings is 1. The third-order valence-corrected chi connectivity index (χ3v) is 5.97. The minimum atomic E-state index is -0.155. The standard InChI is InChI=1S/C24H29N5O3/c1-16(17-8-6-5-7-9-17)23(30)28-10-12-29(13-11-28)24-26-19-15-21(32-4)20(31-3)14-18(19)22(25-2)27-24/h5-9,14-16H,10-13H2,1-4H3,(H,25,26,27). The Balaban J connectivity index is 1.53. The summed E-state index contributed by atoms with van der Waals surface area (Å²) in [7, 11) is 5.05. The summed E-state index contributed by atoms with van der Waals surface area (Å²) in [6.45, 7) is 4.60. The molecule has 1 aliphatic rings. The number of aromatic nitrogens is 2. The number of methoxy groups -OCH3 is 2. The Morgan fingerprint density at radius 2 is 1.66 bits per heavy atom. The van der Waals surface area contributed by atoms with Crippen LogP contribution in [0.5, 0.6) is 11.5 Å². The molecule has 0 radical (unpaired) electrons. The summed E-state index contributed by atoms with van der Waals surface area (Å²) in [6, 6.07) is 13.7. The first-order valence-corrected chi connectivity index (χ1v) is 10.8. The van der Waals surface area contributed by atoms with Crippen molar-refractivity contribution in [1.82, 2.24) is 14.9 Å². The largest absolute Gasteiger partial charge is 0.493 e. The van der Waals surface area contributed by atoms with Gasteiger partial charge in [-0.25, -0.2) is 4.98 Å². The van der Waals surface area contributed by atoms with Crippen molar-refractivity contribution in [3.63, 3.8) is 0 Å². The van der Waals surface area contributed by atoms with Crippen molar-refractivity contribution in [3.8, 4) is 11.5 Å². The summed E-state index contributed by atoms with van der Waals surface area (Å²) in [6.07, 6.45) is 0. The van der Waals surface area contributed by atoms with Gasteiger partial charge in [-0.05, 0) is 18.6 Å². The third kappa shape index (κ3) is 4.12. The predicted octanol–water partition coefficient (Wildman–Crippen LogP) is 3.14. The number of hydrogen-bond acceptors (Lipinski definition) is 7. The van der Waals surface area contributed by atoms with Gasteiger partial charge in [-0.15, -0.1) is 0 Å². The maximum absolute atomic E-state index is 13.0. The molecule has 1 atom stereocenters. The monoisotopic (exact) mass is 435 g/mol. The van der Waals surface area contributed by atoms with Crippen LogP contribution in [0.2, 0.25) is 0 Å². The van der Waals surface area contributed by atoms with Gasteiger partial charge >= 0.3 is 0 Å². The lowest BCUT2D eigenvalue weighted by Gasteiger charge is -2.36. The first-order valence-electron chi connectivity index (χ1n) is 10.8. The van der Waals surface area contributed by atoms with Crippen LogP contribution in [0.4, 0.5) is 11.8 Å². The van der Waals surface area contributed by atoms with Crippen molar-refractivity contribution >= 4 is 28.6 Å². The summed E-state index contributed by atoms with van der Waals surface area (Å²) < 4.78 is 10.9. The van der Waals surface area contributed by atoms with Gasteiger partial charge in [0.15, 0.2) is 11.5 Å². The summed E-state index contributed by atoms with van der Waals surface area (Å²) in [4.78, 5) is 26.6. The van der Waals surface area contributed by atoms with Crippen molar-refractivity contribution < 1.29 is 14.3 Å². The normalized spacial score (nSPS) is 14.9. The quantitative estimate of drug-likeness (QED) is 0.637. The van der Waals surface area contributed by atoms with E-state index in [1.165, 1.54) is 0 Å². The number of carbonyl (C=O) groups excluding carboxylic acids is 1. The molecule has 1 aromatic heterocycles. The first kappa shape index (κ1) is 21.7. The zero-order valence-corrected chi connectivity index (χ0v) is 19.0. The Labute approximate surface area is 188 Å². The highest BCUT2D eigenvalue weighted by Crippen LogP contribution is 2.35. The molecular weight excluding hydrogens is 406 g/mol. The van der Waals surface area contributed by atoms with Crippen molar-refractivity contribution in [2.24, 2.45) is 0 Å². The number of nitrogens with one attached hydrogen (secondary N) is 1. The van der Waals surface area contributed by atoms with Crippen LogP contribution in [0.3, 0.4) is 0 Å². The fourth-order valence-electron chi connectivity index (χ4n) is 4.06. The zero-order chi connectivity index (χ0) is 22.7. The van der Waals surface area contributed by atoms with E-state index in [-0.39, 0.29) is 11.8 Å². The molecule has 2 heterocycles. The Morgan fingerprint density at radius 3 is 2.28 bits per heavy atom. The molecule has 0 aliphatic carbocycles. The summed E-state index contributed by atoms with van der Waals surface area (Å²) in [5.41, 5.74) is 1.81. The number of carbonyl (C=O) groups is 1. The van der Waals surface area contributed by atoms with E-state index in [0.29, 0.717) is 43.6 Å². The van der Waals surface area contributed by atoms with Crippen LogP contribution < -0.4 is 19.7 Å². The van der Waals surface area contributed by atoms with Crippen molar-refractivity contribution in [2.45, 2.75) is 12.8 Å². The second kappa shape index (κ2) is 9.30. The van der Waals surface area contributed by atoms with Gasteiger partial charge < -0.3 is 24.6 Å². The van der Waals surface area contributed by atoms with E-state index < -0.39 is 0 Å². The number of fused-ring (bicyclic) bond motifs is 1. The fourth-order valence-corrected chi connectivity index (χ4v) is 4.06. The van der Waals surface area contributed by atoms with Gasteiger partial charge in [0.1, 0.15) is 5.82 Å². The summed E-state index contributed by atoms with van der Waals surface area (Å²) >= 11 is 0. The SMILES string of the molecule is CNc1nc(N2CCN(C(=O)C(C)c3ccccc3)CC2)nc2cc(OC)c(OC)cc12. The lowest BCUT2D eigenvalue weighted by Crippen LogP contribution is -2.50. The minimum Gasteiger partial charge on any atom is -0.493 e. The van der Waals surface area contributed by atoms with Gasteiger partial charge in [0.25, 0.3) is 0 Å². The molecule has 8 nitrogen and oxygen atoms in total. The van der Waals surface area contributed by atoms with E-state index in [1.54, 1.807) is 14.2 Å². The molecule has 1 saturated heterocycles. The molecule has 1 fully saturated rings. The molecule has 1 unspecified atom stereocenters. The minimum absolute atomic E-state index is 0.155. The lowest BCUT2D eigenvalue weighted by atomic mass is 9.99. The second-order valence-corrected chi connectivity index (χ2v) is 7.79. The van der Waals surface area contributed by atoms with Crippen molar-refractivity contribution in [3.05, 3.63) is 48.0 Å². The molecule has 168 valence electrons. The Bertz CT molecular complexity index is 1100. The number of benzene rings is 2.